The topological polar surface area (TPSA) is 68.0 Å². The van der Waals surface area contributed by atoms with Crippen LogP contribution in [0.15, 0.2) is 53.7 Å². The Kier molecular flexibility index (Phi) is 5.43. The number of nitrogen functional groups attached to an aromatic ring is 1. The van der Waals surface area contributed by atoms with Crippen LogP contribution >= 0.6 is 11.8 Å². The predicted octanol–water partition coefficient (Wildman–Crippen LogP) is 3.17. The molecule has 4 nitrogen and oxygen atoms in total. The Balaban J connectivity index is 1.69. The molecular formula is C15H17N3OS. The van der Waals surface area contributed by atoms with Gasteiger partial charge < -0.3 is 11.1 Å². The molecule has 5 heteroatoms. The molecule has 2 aromatic rings. The lowest BCUT2D eigenvalue weighted by Gasteiger charge is -2.07. The van der Waals surface area contributed by atoms with Gasteiger partial charge in [-0.05, 0) is 36.4 Å². The van der Waals surface area contributed by atoms with Crippen LogP contribution in [0.5, 0.6) is 0 Å². The highest BCUT2D eigenvalue weighted by Crippen LogP contribution is 2.19. The zero-order valence-corrected chi connectivity index (χ0v) is 11.9. The zero-order chi connectivity index (χ0) is 14.2. The number of nitrogens with one attached hydrogen (secondary N) is 1. The van der Waals surface area contributed by atoms with Gasteiger partial charge in [-0.15, -0.1) is 11.8 Å². The van der Waals surface area contributed by atoms with Crippen LogP contribution in [-0.4, -0.2) is 16.6 Å². The first-order chi connectivity index (χ1) is 9.75. The van der Waals surface area contributed by atoms with Crippen molar-refractivity contribution in [1.82, 2.24) is 4.98 Å². The molecule has 1 heterocycles. The van der Waals surface area contributed by atoms with Crippen molar-refractivity contribution >= 4 is 29.0 Å². The third kappa shape index (κ3) is 4.59. The molecular weight excluding hydrogens is 270 g/mol. The number of hydrogen-bond donors (Lipinski definition) is 2. The van der Waals surface area contributed by atoms with Crippen molar-refractivity contribution in [1.29, 1.82) is 0 Å². The summed E-state index contributed by atoms with van der Waals surface area (Å²) in [6, 6.07) is 11.2. The third-order valence-corrected chi connectivity index (χ3v) is 3.80. The Labute approximate surface area is 122 Å². The van der Waals surface area contributed by atoms with E-state index in [1.54, 1.807) is 36.3 Å². The van der Waals surface area contributed by atoms with Crippen LogP contribution in [0.3, 0.4) is 0 Å². The minimum absolute atomic E-state index is 0.00164. The largest absolute Gasteiger partial charge is 0.397 e. The van der Waals surface area contributed by atoms with Crippen molar-refractivity contribution in [2.75, 3.05) is 16.8 Å². The molecule has 104 valence electrons. The van der Waals surface area contributed by atoms with E-state index in [-0.39, 0.29) is 5.91 Å². The van der Waals surface area contributed by atoms with Gasteiger partial charge in [0.2, 0.25) is 5.91 Å². The Hall–Kier alpha value is -2.01. The quantitative estimate of drug-likeness (QED) is 0.486. The maximum atomic E-state index is 11.8. The Bertz CT molecular complexity index is 560. The molecule has 0 radical (unpaired) electrons. The second-order valence-corrected chi connectivity index (χ2v) is 5.44. The number of pyridine rings is 1. The number of rotatable bonds is 6. The molecule has 0 spiro atoms. The van der Waals surface area contributed by atoms with E-state index < -0.39 is 0 Å². The van der Waals surface area contributed by atoms with E-state index in [2.05, 4.69) is 10.3 Å². The van der Waals surface area contributed by atoms with Gasteiger partial charge in [-0.3, -0.25) is 9.78 Å². The average molecular weight is 287 g/mol. The van der Waals surface area contributed by atoms with Crippen LogP contribution in [0.1, 0.15) is 12.8 Å². The van der Waals surface area contributed by atoms with Crippen molar-refractivity contribution in [3.05, 3.63) is 48.8 Å². The number of carbonyl (C=O) groups excluding carboxylic acids is 1. The molecule has 2 rings (SSSR count). The van der Waals surface area contributed by atoms with E-state index in [1.807, 2.05) is 24.3 Å². The molecule has 0 atom stereocenters. The molecule has 1 amide bonds. The van der Waals surface area contributed by atoms with Gasteiger partial charge in [-0.1, -0.05) is 12.1 Å². The van der Waals surface area contributed by atoms with E-state index >= 15 is 0 Å². The molecule has 0 aliphatic rings. The van der Waals surface area contributed by atoms with Gasteiger partial charge in [-0.2, -0.15) is 0 Å². The summed E-state index contributed by atoms with van der Waals surface area (Å²) in [6.07, 6.45) is 4.86. The first kappa shape index (κ1) is 14.4. The number of para-hydroxylation sites is 2. The van der Waals surface area contributed by atoms with Crippen LogP contribution in [0.4, 0.5) is 11.4 Å². The third-order valence-electron chi connectivity index (χ3n) is 2.70. The summed E-state index contributed by atoms with van der Waals surface area (Å²) < 4.78 is 0. The molecule has 1 aromatic carbocycles. The van der Waals surface area contributed by atoms with Gasteiger partial charge in [0, 0.05) is 23.7 Å². The lowest BCUT2D eigenvalue weighted by atomic mass is 10.2. The van der Waals surface area contributed by atoms with Gasteiger partial charge >= 0.3 is 0 Å². The fourth-order valence-corrected chi connectivity index (χ4v) is 2.52. The summed E-state index contributed by atoms with van der Waals surface area (Å²) in [5.74, 6) is 0.903. The predicted molar refractivity (Wildman–Crippen MR) is 83.7 cm³/mol. The second kappa shape index (κ2) is 7.55. The molecule has 1 aromatic heterocycles. The lowest BCUT2D eigenvalue weighted by Crippen LogP contribution is -2.12. The van der Waals surface area contributed by atoms with Crippen LogP contribution in [0.25, 0.3) is 0 Å². The summed E-state index contributed by atoms with van der Waals surface area (Å²) in [5, 5.41) is 2.83. The summed E-state index contributed by atoms with van der Waals surface area (Å²) in [4.78, 5) is 16.9. The maximum Gasteiger partial charge on any atom is 0.224 e. The van der Waals surface area contributed by atoms with Crippen LogP contribution in [0, 0.1) is 0 Å². The highest BCUT2D eigenvalue weighted by atomic mass is 32.2. The molecule has 3 N–H and O–H groups in total. The average Bonchev–Trinajstić information content (AvgIpc) is 2.47. The smallest absolute Gasteiger partial charge is 0.224 e. The molecule has 0 aliphatic heterocycles. The Morgan fingerprint density at radius 3 is 2.70 bits per heavy atom. The van der Waals surface area contributed by atoms with E-state index in [0.29, 0.717) is 17.8 Å². The minimum atomic E-state index is -0.00164. The van der Waals surface area contributed by atoms with Gasteiger partial charge in [0.1, 0.15) is 0 Å². The normalized spacial score (nSPS) is 10.2. The number of amides is 1. The molecule has 0 unspecified atom stereocenters. The van der Waals surface area contributed by atoms with Crippen LogP contribution in [-0.2, 0) is 4.79 Å². The van der Waals surface area contributed by atoms with Gasteiger partial charge in [-0.25, -0.2) is 0 Å². The molecule has 20 heavy (non-hydrogen) atoms. The van der Waals surface area contributed by atoms with Crippen molar-refractivity contribution in [3.8, 4) is 0 Å². The second-order valence-electron chi connectivity index (χ2n) is 4.27. The minimum Gasteiger partial charge on any atom is -0.397 e. The molecule has 0 saturated carbocycles. The highest BCUT2D eigenvalue weighted by Gasteiger charge is 2.04. The summed E-state index contributed by atoms with van der Waals surface area (Å²) in [5.41, 5.74) is 7.04. The van der Waals surface area contributed by atoms with Gasteiger partial charge in [0.25, 0.3) is 0 Å². The fraction of sp³-hybridized carbons (Fsp3) is 0.200. The van der Waals surface area contributed by atoms with Crippen molar-refractivity contribution in [2.24, 2.45) is 0 Å². The van der Waals surface area contributed by atoms with Crippen molar-refractivity contribution in [3.63, 3.8) is 0 Å². The Morgan fingerprint density at radius 2 is 1.95 bits per heavy atom. The first-order valence-electron chi connectivity index (χ1n) is 6.43. The number of anilines is 2. The Morgan fingerprint density at radius 1 is 1.20 bits per heavy atom. The summed E-state index contributed by atoms with van der Waals surface area (Å²) in [7, 11) is 0. The molecule has 0 saturated heterocycles. The number of benzene rings is 1. The SMILES string of the molecule is Nc1ccccc1NC(=O)CCCSc1ccncc1. The summed E-state index contributed by atoms with van der Waals surface area (Å²) >= 11 is 1.73. The summed E-state index contributed by atoms with van der Waals surface area (Å²) in [6.45, 7) is 0. The number of nitrogens with zero attached hydrogens (tertiary/aromatic N) is 1. The van der Waals surface area contributed by atoms with E-state index in [0.717, 1.165) is 12.2 Å². The number of thioether (sulfide) groups is 1. The van der Waals surface area contributed by atoms with Crippen molar-refractivity contribution in [2.45, 2.75) is 17.7 Å². The zero-order valence-electron chi connectivity index (χ0n) is 11.1. The lowest BCUT2D eigenvalue weighted by molar-refractivity contribution is -0.116. The number of hydrogen-bond acceptors (Lipinski definition) is 4. The van der Waals surface area contributed by atoms with Gasteiger partial charge in [0.05, 0.1) is 11.4 Å². The number of nitrogens with two attached hydrogens (primary N) is 1. The molecule has 0 aliphatic carbocycles. The number of carbonyl (C=O) groups is 1. The fourth-order valence-electron chi connectivity index (χ4n) is 1.68. The van der Waals surface area contributed by atoms with E-state index in [1.165, 1.54) is 4.90 Å². The van der Waals surface area contributed by atoms with Crippen LogP contribution in [0.2, 0.25) is 0 Å². The maximum absolute atomic E-state index is 11.8. The standard InChI is InChI=1S/C15H17N3OS/c16-13-4-1-2-5-14(13)18-15(19)6-3-11-20-12-7-9-17-10-8-12/h1-2,4-5,7-10H,3,6,11,16H2,(H,18,19). The van der Waals surface area contributed by atoms with Gasteiger partial charge in [0.15, 0.2) is 0 Å². The van der Waals surface area contributed by atoms with E-state index in [9.17, 15) is 4.79 Å². The monoisotopic (exact) mass is 287 g/mol. The first-order valence-corrected chi connectivity index (χ1v) is 7.41. The molecule has 0 fully saturated rings. The molecule has 0 bridgehead atoms. The van der Waals surface area contributed by atoms with E-state index in [4.69, 9.17) is 5.73 Å². The van der Waals surface area contributed by atoms with Crippen LogP contribution < -0.4 is 11.1 Å². The number of aromatic nitrogens is 1. The van der Waals surface area contributed by atoms with Crippen molar-refractivity contribution < 1.29 is 4.79 Å². The highest BCUT2D eigenvalue weighted by molar-refractivity contribution is 7.99.